The van der Waals surface area contributed by atoms with E-state index in [4.69, 9.17) is 16.3 Å². The third-order valence-electron chi connectivity index (χ3n) is 2.89. The first kappa shape index (κ1) is 10.8. The fourth-order valence-electron chi connectivity index (χ4n) is 2.13. The van der Waals surface area contributed by atoms with Crippen LogP contribution in [-0.2, 0) is 0 Å². The second kappa shape index (κ2) is 4.86. The van der Waals surface area contributed by atoms with E-state index in [0.29, 0.717) is 11.1 Å². The van der Waals surface area contributed by atoms with Crippen molar-refractivity contribution in [2.24, 2.45) is 0 Å². The van der Waals surface area contributed by atoms with E-state index in [-0.39, 0.29) is 0 Å². The predicted octanol–water partition coefficient (Wildman–Crippen LogP) is 3.16. The molecule has 0 aromatic heterocycles. The Bertz CT molecular complexity index is 334. The predicted molar refractivity (Wildman–Crippen MR) is 62.6 cm³/mol. The lowest BCUT2D eigenvalue weighted by molar-refractivity contribution is 0.374. The molecule has 1 atom stereocenters. The van der Waals surface area contributed by atoms with Gasteiger partial charge < -0.3 is 10.1 Å². The zero-order valence-corrected chi connectivity index (χ0v) is 9.68. The highest BCUT2D eigenvalue weighted by Gasteiger charge is 2.19. The maximum absolute atomic E-state index is 6.10. The highest BCUT2D eigenvalue weighted by molar-refractivity contribution is 6.32. The van der Waals surface area contributed by atoms with Gasteiger partial charge in [0.25, 0.3) is 0 Å². The molecule has 0 aliphatic carbocycles. The first-order valence-electron chi connectivity index (χ1n) is 5.38. The molecule has 1 aromatic rings. The number of halogens is 1. The van der Waals surface area contributed by atoms with Crippen molar-refractivity contribution in [3.8, 4) is 5.75 Å². The van der Waals surface area contributed by atoms with Crippen molar-refractivity contribution < 1.29 is 4.74 Å². The zero-order chi connectivity index (χ0) is 10.7. The monoisotopic (exact) mass is 225 g/mol. The molecule has 0 spiro atoms. The second-order valence-corrected chi connectivity index (χ2v) is 4.27. The number of nitrogens with one attached hydrogen (secondary N) is 1. The van der Waals surface area contributed by atoms with Gasteiger partial charge in [-0.25, -0.2) is 0 Å². The van der Waals surface area contributed by atoms with Crippen molar-refractivity contribution in [3.05, 3.63) is 28.8 Å². The summed E-state index contributed by atoms with van der Waals surface area (Å²) in [5.74, 6) is 0.818. The summed E-state index contributed by atoms with van der Waals surface area (Å²) in [7, 11) is 1.67. The summed E-state index contributed by atoms with van der Waals surface area (Å²) in [6.45, 7) is 1.08. The van der Waals surface area contributed by atoms with E-state index in [1.807, 2.05) is 12.1 Å². The third kappa shape index (κ3) is 2.27. The van der Waals surface area contributed by atoms with Gasteiger partial charge in [0.2, 0.25) is 0 Å². The molecule has 15 heavy (non-hydrogen) atoms. The molecule has 1 unspecified atom stereocenters. The molecule has 3 heteroatoms. The van der Waals surface area contributed by atoms with Crippen LogP contribution in [0.25, 0.3) is 0 Å². The maximum atomic E-state index is 6.10. The summed E-state index contributed by atoms with van der Waals surface area (Å²) in [6.07, 6.45) is 3.70. The molecule has 0 bridgehead atoms. The normalized spacial score (nSPS) is 21.3. The van der Waals surface area contributed by atoms with Crippen LogP contribution in [-0.4, -0.2) is 13.7 Å². The van der Waals surface area contributed by atoms with Crippen molar-refractivity contribution in [2.75, 3.05) is 13.7 Å². The minimum Gasteiger partial charge on any atom is -0.495 e. The first-order valence-corrected chi connectivity index (χ1v) is 5.76. The number of ether oxygens (including phenoxy) is 1. The summed E-state index contributed by atoms with van der Waals surface area (Å²) in [4.78, 5) is 0. The fraction of sp³-hybridized carbons (Fsp3) is 0.500. The molecule has 1 N–H and O–H groups in total. The Morgan fingerprint density at radius 3 is 2.93 bits per heavy atom. The summed E-state index contributed by atoms with van der Waals surface area (Å²) in [6, 6.07) is 6.34. The standard InChI is InChI=1S/C12H16ClNO/c1-15-12-9(5-4-6-10(12)13)11-7-2-3-8-14-11/h4-6,11,14H,2-3,7-8H2,1H3. The maximum Gasteiger partial charge on any atom is 0.142 e. The van der Waals surface area contributed by atoms with Gasteiger partial charge in [-0.1, -0.05) is 30.2 Å². The SMILES string of the molecule is COc1c(Cl)cccc1C1CCCCN1. The lowest BCUT2D eigenvalue weighted by Gasteiger charge is -2.25. The number of piperidine rings is 1. The van der Waals surface area contributed by atoms with Crippen LogP contribution in [0.5, 0.6) is 5.75 Å². The topological polar surface area (TPSA) is 21.3 Å². The molecule has 1 saturated heterocycles. The van der Waals surface area contributed by atoms with Gasteiger partial charge >= 0.3 is 0 Å². The summed E-state index contributed by atoms with van der Waals surface area (Å²) in [5.41, 5.74) is 1.18. The molecule has 1 aromatic carbocycles. The molecule has 0 amide bonds. The Kier molecular flexibility index (Phi) is 3.49. The number of hydrogen-bond acceptors (Lipinski definition) is 2. The second-order valence-electron chi connectivity index (χ2n) is 3.86. The Hall–Kier alpha value is -0.730. The minimum atomic E-state index is 0.396. The van der Waals surface area contributed by atoms with Gasteiger partial charge in [0, 0.05) is 11.6 Å². The average Bonchev–Trinajstić information content (AvgIpc) is 2.30. The third-order valence-corrected chi connectivity index (χ3v) is 3.18. The lowest BCUT2D eigenvalue weighted by Crippen LogP contribution is -2.27. The Labute approximate surface area is 95.6 Å². The van der Waals surface area contributed by atoms with Crippen LogP contribution >= 0.6 is 11.6 Å². The van der Waals surface area contributed by atoms with Crippen LogP contribution in [0.1, 0.15) is 30.9 Å². The molecule has 0 saturated carbocycles. The van der Waals surface area contributed by atoms with E-state index < -0.39 is 0 Å². The Morgan fingerprint density at radius 2 is 2.27 bits per heavy atom. The molecule has 2 nitrogen and oxygen atoms in total. The van der Waals surface area contributed by atoms with Crippen LogP contribution in [0.4, 0.5) is 0 Å². The molecule has 1 fully saturated rings. The van der Waals surface area contributed by atoms with Crippen LogP contribution < -0.4 is 10.1 Å². The number of benzene rings is 1. The first-order chi connectivity index (χ1) is 7.33. The van der Waals surface area contributed by atoms with E-state index in [1.54, 1.807) is 7.11 Å². The molecular weight excluding hydrogens is 210 g/mol. The Morgan fingerprint density at radius 1 is 1.40 bits per heavy atom. The molecule has 1 heterocycles. The number of methoxy groups -OCH3 is 1. The van der Waals surface area contributed by atoms with Crippen LogP contribution in [0.3, 0.4) is 0 Å². The molecular formula is C12H16ClNO. The van der Waals surface area contributed by atoms with E-state index in [0.717, 1.165) is 18.7 Å². The molecule has 82 valence electrons. The van der Waals surface area contributed by atoms with Crippen molar-refractivity contribution >= 4 is 11.6 Å². The van der Waals surface area contributed by atoms with Crippen LogP contribution in [0.2, 0.25) is 5.02 Å². The summed E-state index contributed by atoms with van der Waals surface area (Å²) in [5, 5.41) is 4.20. The van der Waals surface area contributed by atoms with Crippen molar-refractivity contribution in [1.82, 2.24) is 5.32 Å². The molecule has 0 radical (unpaired) electrons. The average molecular weight is 226 g/mol. The molecule has 1 aliphatic heterocycles. The minimum absolute atomic E-state index is 0.396. The highest BCUT2D eigenvalue weighted by atomic mass is 35.5. The highest BCUT2D eigenvalue weighted by Crippen LogP contribution is 2.35. The quantitative estimate of drug-likeness (QED) is 0.835. The summed E-state index contributed by atoms with van der Waals surface area (Å²) >= 11 is 6.10. The van der Waals surface area contributed by atoms with E-state index in [9.17, 15) is 0 Å². The lowest BCUT2D eigenvalue weighted by atomic mass is 9.97. The van der Waals surface area contributed by atoms with Gasteiger partial charge in [0.05, 0.1) is 12.1 Å². The van der Waals surface area contributed by atoms with Gasteiger partial charge in [-0.3, -0.25) is 0 Å². The van der Waals surface area contributed by atoms with Crippen molar-refractivity contribution in [1.29, 1.82) is 0 Å². The van der Waals surface area contributed by atoms with Gasteiger partial charge in [-0.15, -0.1) is 0 Å². The number of hydrogen-bond donors (Lipinski definition) is 1. The van der Waals surface area contributed by atoms with Gasteiger partial charge in [-0.2, -0.15) is 0 Å². The van der Waals surface area contributed by atoms with Crippen molar-refractivity contribution in [2.45, 2.75) is 25.3 Å². The Balaban J connectivity index is 2.29. The molecule has 1 aliphatic rings. The summed E-state index contributed by atoms with van der Waals surface area (Å²) < 4.78 is 5.36. The van der Waals surface area contributed by atoms with Gasteiger partial charge in [-0.05, 0) is 25.5 Å². The fourth-order valence-corrected chi connectivity index (χ4v) is 2.39. The van der Waals surface area contributed by atoms with Gasteiger partial charge in [0.15, 0.2) is 0 Å². The largest absolute Gasteiger partial charge is 0.495 e. The van der Waals surface area contributed by atoms with E-state index in [2.05, 4.69) is 11.4 Å². The van der Waals surface area contributed by atoms with E-state index >= 15 is 0 Å². The van der Waals surface area contributed by atoms with Crippen LogP contribution in [0.15, 0.2) is 18.2 Å². The smallest absolute Gasteiger partial charge is 0.142 e. The van der Waals surface area contributed by atoms with E-state index in [1.165, 1.54) is 18.4 Å². The number of rotatable bonds is 2. The van der Waals surface area contributed by atoms with Gasteiger partial charge in [0.1, 0.15) is 5.75 Å². The molecule has 2 rings (SSSR count). The number of para-hydroxylation sites is 1. The van der Waals surface area contributed by atoms with Crippen LogP contribution in [0, 0.1) is 0 Å². The van der Waals surface area contributed by atoms with Crippen molar-refractivity contribution in [3.63, 3.8) is 0 Å². The zero-order valence-electron chi connectivity index (χ0n) is 8.92.